The molecule has 1 N–H and O–H groups in total. The average Bonchev–Trinajstić information content (AvgIpc) is 2.90. The number of carbonyl (C=O) groups excluding carboxylic acids is 2. The van der Waals surface area contributed by atoms with Crippen molar-refractivity contribution in [1.29, 1.82) is 0 Å². The van der Waals surface area contributed by atoms with Gasteiger partial charge in [0, 0.05) is 24.0 Å². The number of carbonyl (C=O) groups is 2. The number of sulfonamides is 1. The Morgan fingerprint density at radius 1 is 0.950 bits per heavy atom. The van der Waals surface area contributed by atoms with E-state index in [1.807, 2.05) is 70.2 Å². The predicted molar refractivity (Wildman–Crippen MR) is 162 cm³/mol. The number of nitrogens with zero attached hydrogens (tertiary/aromatic N) is 2. The molecule has 40 heavy (non-hydrogen) atoms. The Morgan fingerprint density at radius 2 is 1.60 bits per heavy atom. The van der Waals surface area contributed by atoms with Gasteiger partial charge in [-0.3, -0.25) is 13.9 Å². The second-order valence-corrected chi connectivity index (χ2v) is 12.6. The van der Waals surface area contributed by atoms with Crippen LogP contribution in [0.2, 0.25) is 5.02 Å². The lowest BCUT2D eigenvalue weighted by atomic mass is 10.0. The summed E-state index contributed by atoms with van der Waals surface area (Å²) in [7, 11) is -3.82. The van der Waals surface area contributed by atoms with E-state index in [2.05, 4.69) is 5.32 Å². The second kappa shape index (κ2) is 13.8. The molecule has 0 spiro atoms. The molecule has 0 saturated carbocycles. The van der Waals surface area contributed by atoms with Crippen LogP contribution in [0.5, 0.6) is 0 Å². The maximum atomic E-state index is 14.1. The summed E-state index contributed by atoms with van der Waals surface area (Å²) in [6, 6.07) is 21.0. The summed E-state index contributed by atoms with van der Waals surface area (Å²) in [5.41, 5.74) is 3.80. The van der Waals surface area contributed by atoms with Crippen molar-refractivity contribution in [2.45, 2.75) is 59.2 Å². The van der Waals surface area contributed by atoms with E-state index >= 15 is 0 Å². The number of aryl methyl sites for hydroxylation is 2. The van der Waals surface area contributed by atoms with Crippen LogP contribution in [0.15, 0.2) is 72.8 Å². The Kier molecular flexibility index (Phi) is 10.8. The van der Waals surface area contributed by atoms with Crippen molar-refractivity contribution >= 4 is 39.1 Å². The quantitative estimate of drug-likeness (QED) is 0.314. The van der Waals surface area contributed by atoms with Crippen LogP contribution in [-0.4, -0.2) is 50.0 Å². The van der Waals surface area contributed by atoms with Crippen LogP contribution in [0.1, 0.15) is 42.5 Å². The van der Waals surface area contributed by atoms with Gasteiger partial charge in [-0.05, 0) is 62.1 Å². The monoisotopic (exact) mass is 583 g/mol. The largest absolute Gasteiger partial charge is 0.352 e. The van der Waals surface area contributed by atoms with Gasteiger partial charge in [-0.25, -0.2) is 8.42 Å². The molecule has 3 aromatic carbocycles. The number of halogens is 1. The van der Waals surface area contributed by atoms with Gasteiger partial charge >= 0.3 is 0 Å². The molecule has 0 fully saturated rings. The Bertz CT molecular complexity index is 1410. The van der Waals surface area contributed by atoms with Gasteiger partial charge in [0.1, 0.15) is 12.6 Å². The standard InChI is InChI=1S/C31H38ClN3O4S/c1-6-24(4)33-31(37)29(19-25-10-8-7-9-11-25)34(20-26-13-15-27(32)16-14-26)30(36)21-35(40(5,38)39)28-17-12-22(2)18-23(28)3/h7-18,24,29H,6,19-21H2,1-5H3,(H,33,37). The highest BCUT2D eigenvalue weighted by atomic mass is 35.5. The normalized spacial score (nSPS) is 12.8. The van der Waals surface area contributed by atoms with E-state index in [-0.39, 0.29) is 24.9 Å². The van der Waals surface area contributed by atoms with Gasteiger partial charge < -0.3 is 10.2 Å². The zero-order valence-corrected chi connectivity index (χ0v) is 25.3. The highest BCUT2D eigenvalue weighted by molar-refractivity contribution is 7.92. The fourth-order valence-corrected chi connectivity index (χ4v) is 5.49. The lowest BCUT2D eigenvalue weighted by molar-refractivity contribution is -0.140. The molecule has 9 heteroatoms. The number of anilines is 1. The Morgan fingerprint density at radius 3 is 2.17 bits per heavy atom. The first-order valence-electron chi connectivity index (χ1n) is 13.3. The average molecular weight is 584 g/mol. The van der Waals surface area contributed by atoms with Crippen LogP contribution in [0, 0.1) is 13.8 Å². The van der Waals surface area contributed by atoms with E-state index < -0.39 is 28.5 Å². The first-order valence-corrected chi connectivity index (χ1v) is 15.5. The third kappa shape index (κ3) is 8.57. The van der Waals surface area contributed by atoms with Crippen LogP contribution in [0.25, 0.3) is 0 Å². The van der Waals surface area contributed by atoms with Gasteiger partial charge in [-0.15, -0.1) is 0 Å². The maximum absolute atomic E-state index is 14.1. The maximum Gasteiger partial charge on any atom is 0.244 e. The summed E-state index contributed by atoms with van der Waals surface area (Å²) in [6.45, 7) is 7.28. The Hall–Kier alpha value is -3.36. The minimum Gasteiger partial charge on any atom is -0.352 e. The molecule has 0 saturated heterocycles. The van der Waals surface area contributed by atoms with Crippen molar-refractivity contribution in [2.75, 3.05) is 17.1 Å². The van der Waals surface area contributed by atoms with E-state index in [1.165, 1.54) is 4.90 Å². The molecular formula is C31H38ClN3O4S. The third-order valence-corrected chi connectivity index (χ3v) is 8.22. The molecule has 0 aromatic heterocycles. The summed E-state index contributed by atoms with van der Waals surface area (Å²) in [5.74, 6) is -0.779. The predicted octanol–water partition coefficient (Wildman–Crippen LogP) is 5.28. The number of benzene rings is 3. The van der Waals surface area contributed by atoms with Crippen LogP contribution >= 0.6 is 11.6 Å². The van der Waals surface area contributed by atoms with Crippen molar-refractivity contribution in [1.82, 2.24) is 10.2 Å². The molecule has 0 aliphatic rings. The molecule has 0 aliphatic heterocycles. The van der Waals surface area contributed by atoms with E-state index in [1.54, 1.807) is 30.3 Å². The lowest BCUT2D eigenvalue weighted by Gasteiger charge is -2.34. The van der Waals surface area contributed by atoms with Crippen molar-refractivity contribution in [3.05, 3.63) is 100 Å². The first kappa shape index (κ1) is 31.2. The second-order valence-electron chi connectivity index (χ2n) is 10.2. The molecule has 0 aliphatic carbocycles. The number of amides is 2. The third-order valence-electron chi connectivity index (χ3n) is 6.84. The molecule has 214 valence electrons. The molecule has 2 atom stereocenters. The SMILES string of the molecule is CCC(C)NC(=O)C(Cc1ccccc1)N(Cc1ccc(Cl)cc1)C(=O)CN(c1ccc(C)cc1C)S(C)(=O)=O. The first-order chi connectivity index (χ1) is 18.9. The number of nitrogens with one attached hydrogen (secondary N) is 1. The highest BCUT2D eigenvalue weighted by Crippen LogP contribution is 2.25. The summed E-state index contributed by atoms with van der Waals surface area (Å²) in [4.78, 5) is 29.3. The van der Waals surface area contributed by atoms with Crippen LogP contribution in [0.3, 0.4) is 0 Å². The molecule has 3 rings (SSSR count). The molecule has 7 nitrogen and oxygen atoms in total. The van der Waals surface area contributed by atoms with E-state index in [0.29, 0.717) is 10.7 Å². The molecule has 2 unspecified atom stereocenters. The topological polar surface area (TPSA) is 86.8 Å². The summed E-state index contributed by atoms with van der Waals surface area (Å²) < 4.78 is 27.0. The molecular weight excluding hydrogens is 546 g/mol. The minimum absolute atomic E-state index is 0.0963. The smallest absolute Gasteiger partial charge is 0.244 e. The Balaban J connectivity index is 2.07. The molecule has 0 radical (unpaired) electrons. The van der Waals surface area contributed by atoms with Gasteiger partial charge in [0.15, 0.2) is 0 Å². The number of hydrogen-bond acceptors (Lipinski definition) is 4. The van der Waals surface area contributed by atoms with Gasteiger partial charge in [-0.2, -0.15) is 0 Å². The van der Waals surface area contributed by atoms with Gasteiger partial charge in [0.2, 0.25) is 21.8 Å². The van der Waals surface area contributed by atoms with Crippen LogP contribution in [-0.2, 0) is 32.6 Å². The fourth-order valence-electron chi connectivity index (χ4n) is 4.46. The Labute approximate surface area is 243 Å². The van der Waals surface area contributed by atoms with Gasteiger partial charge in [-0.1, -0.05) is 78.7 Å². The van der Waals surface area contributed by atoms with Crippen molar-refractivity contribution in [3.63, 3.8) is 0 Å². The summed E-state index contributed by atoms with van der Waals surface area (Å²) in [5, 5.41) is 3.58. The van der Waals surface area contributed by atoms with E-state index in [0.717, 1.165) is 39.2 Å². The molecule has 2 amide bonds. The van der Waals surface area contributed by atoms with E-state index in [4.69, 9.17) is 11.6 Å². The molecule has 0 bridgehead atoms. The summed E-state index contributed by atoms with van der Waals surface area (Å²) >= 11 is 6.10. The number of rotatable bonds is 12. The van der Waals surface area contributed by atoms with E-state index in [9.17, 15) is 18.0 Å². The van der Waals surface area contributed by atoms with Crippen molar-refractivity contribution in [3.8, 4) is 0 Å². The van der Waals surface area contributed by atoms with Crippen LogP contribution in [0.4, 0.5) is 5.69 Å². The number of hydrogen-bond donors (Lipinski definition) is 1. The zero-order chi connectivity index (χ0) is 29.4. The molecule has 3 aromatic rings. The fraction of sp³-hybridized carbons (Fsp3) is 0.355. The lowest BCUT2D eigenvalue weighted by Crippen LogP contribution is -2.54. The highest BCUT2D eigenvalue weighted by Gasteiger charge is 2.33. The van der Waals surface area contributed by atoms with Gasteiger partial charge in [0.05, 0.1) is 11.9 Å². The van der Waals surface area contributed by atoms with Crippen molar-refractivity contribution in [2.24, 2.45) is 0 Å². The van der Waals surface area contributed by atoms with Crippen LogP contribution < -0.4 is 9.62 Å². The zero-order valence-electron chi connectivity index (χ0n) is 23.7. The van der Waals surface area contributed by atoms with Crippen molar-refractivity contribution < 1.29 is 18.0 Å². The minimum atomic E-state index is -3.82. The van der Waals surface area contributed by atoms with Gasteiger partial charge in [0.25, 0.3) is 0 Å². The molecule has 0 heterocycles. The summed E-state index contributed by atoms with van der Waals surface area (Å²) in [6.07, 6.45) is 2.08.